The van der Waals surface area contributed by atoms with E-state index in [0.717, 1.165) is 16.5 Å². The second-order valence-corrected chi connectivity index (χ2v) is 4.46. The third-order valence-corrected chi connectivity index (χ3v) is 3.19. The van der Waals surface area contributed by atoms with Gasteiger partial charge >= 0.3 is 5.97 Å². The minimum Gasteiger partial charge on any atom is -0.478 e. The maximum absolute atomic E-state index is 11.1. The zero-order valence-electron chi connectivity index (χ0n) is 10.7. The van der Waals surface area contributed by atoms with Crippen LogP contribution in [0.15, 0.2) is 59.2 Å². The molecule has 2 N–H and O–H groups in total. The standard InChI is InChI=1S/C16H13NO3/c18-16(19)13-6-1-3-7-14(13)17-9-11-10-20-15-8-4-2-5-12(11)15/h1-8,10,17H,9H2,(H,18,19). The van der Waals surface area contributed by atoms with Crippen molar-refractivity contribution in [1.29, 1.82) is 0 Å². The summed E-state index contributed by atoms with van der Waals surface area (Å²) in [6.07, 6.45) is 1.70. The molecule has 0 unspecified atom stereocenters. The number of hydrogen-bond acceptors (Lipinski definition) is 3. The molecule has 3 rings (SSSR count). The van der Waals surface area contributed by atoms with E-state index in [9.17, 15) is 4.79 Å². The second kappa shape index (κ2) is 5.09. The topological polar surface area (TPSA) is 62.5 Å². The monoisotopic (exact) mass is 267 g/mol. The average molecular weight is 267 g/mol. The van der Waals surface area contributed by atoms with Gasteiger partial charge in [-0.1, -0.05) is 30.3 Å². The molecular formula is C16H13NO3. The van der Waals surface area contributed by atoms with Gasteiger partial charge in [0.1, 0.15) is 5.58 Å². The fourth-order valence-corrected chi connectivity index (χ4v) is 2.18. The Labute approximate surface area is 115 Å². The van der Waals surface area contributed by atoms with Crippen LogP contribution in [0, 0.1) is 0 Å². The summed E-state index contributed by atoms with van der Waals surface area (Å²) in [5.74, 6) is -0.940. The molecule has 0 saturated heterocycles. The average Bonchev–Trinajstić information content (AvgIpc) is 2.88. The van der Waals surface area contributed by atoms with E-state index in [0.29, 0.717) is 12.2 Å². The van der Waals surface area contributed by atoms with Crippen molar-refractivity contribution in [2.45, 2.75) is 6.54 Å². The number of carboxylic acids is 1. The summed E-state index contributed by atoms with van der Waals surface area (Å²) in [7, 11) is 0. The molecule has 0 aliphatic rings. The molecule has 0 aliphatic carbocycles. The molecular weight excluding hydrogens is 254 g/mol. The first-order valence-electron chi connectivity index (χ1n) is 6.27. The lowest BCUT2D eigenvalue weighted by Gasteiger charge is -2.08. The third-order valence-electron chi connectivity index (χ3n) is 3.19. The summed E-state index contributed by atoms with van der Waals surface area (Å²) >= 11 is 0. The molecule has 4 nitrogen and oxygen atoms in total. The van der Waals surface area contributed by atoms with Gasteiger partial charge in [0.15, 0.2) is 0 Å². The van der Waals surface area contributed by atoms with Gasteiger partial charge < -0.3 is 14.8 Å². The SMILES string of the molecule is O=C(O)c1ccccc1NCc1coc2ccccc12. The lowest BCUT2D eigenvalue weighted by atomic mass is 10.1. The number of para-hydroxylation sites is 2. The normalized spacial score (nSPS) is 10.6. The van der Waals surface area contributed by atoms with Crippen LogP contribution in [-0.4, -0.2) is 11.1 Å². The minimum atomic E-state index is -0.940. The molecule has 2 aromatic carbocycles. The summed E-state index contributed by atoms with van der Waals surface area (Å²) < 4.78 is 5.46. The first kappa shape index (κ1) is 12.3. The number of benzene rings is 2. The predicted octanol–water partition coefficient (Wildman–Crippen LogP) is 3.74. The number of hydrogen-bond donors (Lipinski definition) is 2. The highest BCUT2D eigenvalue weighted by Crippen LogP contribution is 2.22. The van der Waals surface area contributed by atoms with Crippen LogP contribution in [0.4, 0.5) is 5.69 Å². The van der Waals surface area contributed by atoms with Crippen molar-refractivity contribution in [1.82, 2.24) is 0 Å². The highest BCUT2D eigenvalue weighted by atomic mass is 16.4. The van der Waals surface area contributed by atoms with Crippen LogP contribution < -0.4 is 5.32 Å². The summed E-state index contributed by atoms with van der Waals surface area (Å²) in [6.45, 7) is 0.515. The maximum atomic E-state index is 11.1. The van der Waals surface area contributed by atoms with E-state index in [-0.39, 0.29) is 5.56 Å². The van der Waals surface area contributed by atoms with Gasteiger partial charge in [0.2, 0.25) is 0 Å². The third kappa shape index (κ3) is 2.23. The van der Waals surface area contributed by atoms with Gasteiger partial charge in [-0.05, 0) is 18.2 Å². The molecule has 0 fully saturated rings. The zero-order valence-corrected chi connectivity index (χ0v) is 10.7. The molecule has 1 aromatic heterocycles. The number of nitrogens with one attached hydrogen (secondary N) is 1. The first-order chi connectivity index (χ1) is 9.75. The number of fused-ring (bicyclic) bond motifs is 1. The van der Waals surface area contributed by atoms with Crippen molar-refractivity contribution in [2.24, 2.45) is 0 Å². The largest absolute Gasteiger partial charge is 0.478 e. The van der Waals surface area contributed by atoms with E-state index >= 15 is 0 Å². The van der Waals surface area contributed by atoms with E-state index in [1.807, 2.05) is 30.3 Å². The van der Waals surface area contributed by atoms with Crippen molar-refractivity contribution >= 4 is 22.6 Å². The number of rotatable bonds is 4. The van der Waals surface area contributed by atoms with Gasteiger partial charge in [0.25, 0.3) is 0 Å². The Kier molecular flexibility index (Phi) is 3.13. The number of carboxylic acid groups (broad SMARTS) is 1. The maximum Gasteiger partial charge on any atom is 0.337 e. The smallest absolute Gasteiger partial charge is 0.337 e. The Hall–Kier alpha value is -2.75. The van der Waals surface area contributed by atoms with Crippen molar-refractivity contribution in [3.05, 3.63) is 65.9 Å². The highest BCUT2D eigenvalue weighted by Gasteiger charge is 2.10. The molecule has 100 valence electrons. The number of carbonyl (C=O) groups is 1. The van der Waals surface area contributed by atoms with Crippen LogP contribution in [0.1, 0.15) is 15.9 Å². The molecule has 0 amide bonds. The van der Waals surface area contributed by atoms with Crippen molar-refractivity contribution < 1.29 is 14.3 Å². The summed E-state index contributed by atoms with van der Waals surface area (Å²) in [4.78, 5) is 11.1. The van der Waals surface area contributed by atoms with Gasteiger partial charge in [0.05, 0.1) is 11.8 Å². The Morgan fingerprint density at radius 1 is 1.10 bits per heavy atom. The van der Waals surface area contributed by atoms with Crippen molar-refractivity contribution in [3.8, 4) is 0 Å². The molecule has 4 heteroatoms. The van der Waals surface area contributed by atoms with Crippen LogP contribution >= 0.6 is 0 Å². The van der Waals surface area contributed by atoms with Crippen LogP contribution in [0.5, 0.6) is 0 Å². The van der Waals surface area contributed by atoms with Crippen LogP contribution in [0.25, 0.3) is 11.0 Å². The van der Waals surface area contributed by atoms with E-state index in [2.05, 4.69) is 5.32 Å². The van der Waals surface area contributed by atoms with Gasteiger partial charge in [-0.2, -0.15) is 0 Å². The molecule has 0 bridgehead atoms. The van der Waals surface area contributed by atoms with E-state index in [1.165, 1.54) is 0 Å². The van der Waals surface area contributed by atoms with Gasteiger partial charge in [0, 0.05) is 23.2 Å². The zero-order chi connectivity index (χ0) is 13.9. The Balaban J connectivity index is 1.85. The number of anilines is 1. The minimum absolute atomic E-state index is 0.264. The molecule has 20 heavy (non-hydrogen) atoms. The first-order valence-corrected chi connectivity index (χ1v) is 6.27. The summed E-state index contributed by atoms with van der Waals surface area (Å²) in [5, 5.41) is 13.3. The molecule has 0 radical (unpaired) electrons. The molecule has 0 atom stereocenters. The van der Waals surface area contributed by atoms with E-state index in [4.69, 9.17) is 9.52 Å². The van der Waals surface area contributed by atoms with E-state index < -0.39 is 5.97 Å². The molecule has 0 spiro atoms. The highest BCUT2D eigenvalue weighted by molar-refractivity contribution is 5.94. The molecule has 1 heterocycles. The number of furan rings is 1. The van der Waals surface area contributed by atoms with E-state index in [1.54, 1.807) is 24.5 Å². The molecule has 0 saturated carbocycles. The Morgan fingerprint density at radius 2 is 1.85 bits per heavy atom. The van der Waals surface area contributed by atoms with Crippen molar-refractivity contribution in [3.63, 3.8) is 0 Å². The summed E-state index contributed by atoms with van der Waals surface area (Å²) in [6, 6.07) is 14.6. The Bertz CT molecular complexity index is 761. The lowest BCUT2D eigenvalue weighted by Crippen LogP contribution is -2.05. The fraction of sp³-hybridized carbons (Fsp3) is 0.0625. The quantitative estimate of drug-likeness (QED) is 0.755. The molecule has 3 aromatic rings. The lowest BCUT2D eigenvalue weighted by molar-refractivity contribution is 0.0698. The van der Waals surface area contributed by atoms with Crippen molar-refractivity contribution in [2.75, 3.05) is 5.32 Å². The number of aromatic carboxylic acids is 1. The van der Waals surface area contributed by atoms with Gasteiger partial charge in [-0.15, -0.1) is 0 Å². The summed E-state index contributed by atoms with van der Waals surface area (Å²) in [5.41, 5.74) is 2.70. The predicted molar refractivity (Wildman–Crippen MR) is 76.9 cm³/mol. The fourth-order valence-electron chi connectivity index (χ4n) is 2.18. The second-order valence-electron chi connectivity index (χ2n) is 4.46. The van der Waals surface area contributed by atoms with Gasteiger partial charge in [-0.3, -0.25) is 0 Å². The van der Waals surface area contributed by atoms with Gasteiger partial charge in [-0.25, -0.2) is 4.79 Å². The molecule has 0 aliphatic heterocycles. The Morgan fingerprint density at radius 3 is 2.70 bits per heavy atom. The van der Waals surface area contributed by atoms with Crippen LogP contribution in [0.2, 0.25) is 0 Å². The van der Waals surface area contributed by atoms with Crippen LogP contribution in [0.3, 0.4) is 0 Å². The van der Waals surface area contributed by atoms with Crippen LogP contribution in [-0.2, 0) is 6.54 Å².